The number of hydrogen-bond donors (Lipinski definition) is 3. The zero-order valence-electron chi connectivity index (χ0n) is 15.7. The van der Waals surface area contributed by atoms with E-state index in [0.29, 0.717) is 24.5 Å². The van der Waals surface area contributed by atoms with E-state index in [0.717, 1.165) is 24.4 Å². The van der Waals surface area contributed by atoms with Crippen LogP contribution in [0.2, 0.25) is 0 Å². The lowest BCUT2D eigenvalue weighted by atomic mass is 9.87. The largest absolute Gasteiger partial charge is 0.497 e. The summed E-state index contributed by atoms with van der Waals surface area (Å²) in [5.74, 6) is 1.90. The molecule has 146 valence electrons. The molecular formula is C19H23N7O2. The van der Waals surface area contributed by atoms with E-state index in [4.69, 9.17) is 4.74 Å². The maximum absolute atomic E-state index is 13.1. The quantitative estimate of drug-likeness (QED) is 0.589. The summed E-state index contributed by atoms with van der Waals surface area (Å²) in [6.45, 7) is 1.83. The number of H-pyrrole nitrogens is 1. The fourth-order valence-corrected chi connectivity index (χ4v) is 3.49. The molecule has 0 aliphatic carbocycles. The highest BCUT2D eigenvalue weighted by atomic mass is 16.5. The smallest absolute Gasteiger partial charge is 0.248 e. The molecule has 3 heterocycles. The molecule has 9 heteroatoms. The molecule has 0 bridgehead atoms. The molecule has 4 rings (SSSR count). The fraction of sp³-hybridized carbons (Fsp3) is 0.368. The number of hydrogen-bond acceptors (Lipinski definition) is 6. The fourth-order valence-electron chi connectivity index (χ4n) is 3.49. The maximum atomic E-state index is 13.1. The van der Waals surface area contributed by atoms with Crippen molar-refractivity contribution >= 4 is 5.91 Å². The topological polar surface area (TPSA) is 110 Å². The zero-order valence-corrected chi connectivity index (χ0v) is 15.7. The number of ether oxygens (including phenoxy) is 1. The van der Waals surface area contributed by atoms with E-state index in [1.165, 1.54) is 0 Å². The van der Waals surface area contributed by atoms with Gasteiger partial charge in [0.05, 0.1) is 13.7 Å². The van der Waals surface area contributed by atoms with Crippen molar-refractivity contribution in [2.75, 3.05) is 20.2 Å². The summed E-state index contributed by atoms with van der Waals surface area (Å²) < 4.78 is 6.94. The van der Waals surface area contributed by atoms with Gasteiger partial charge >= 0.3 is 0 Å². The molecule has 1 aliphatic rings. The minimum absolute atomic E-state index is 0.0555. The Morgan fingerprint density at radius 3 is 2.75 bits per heavy atom. The predicted octanol–water partition coefficient (Wildman–Crippen LogP) is 1.07. The van der Waals surface area contributed by atoms with Gasteiger partial charge in [0.15, 0.2) is 5.82 Å². The molecule has 28 heavy (non-hydrogen) atoms. The number of carbonyl (C=O) groups is 1. The van der Waals surface area contributed by atoms with Gasteiger partial charge in [-0.25, -0.2) is 4.98 Å². The first-order valence-corrected chi connectivity index (χ1v) is 9.26. The Labute approximate surface area is 162 Å². The number of methoxy groups -OCH3 is 1. The molecular weight excluding hydrogens is 358 g/mol. The number of piperidine rings is 1. The average molecular weight is 381 g/mol. The third kappa shape index (κ3) is 3.48. The molecule has 9 nitrogen and oxygen atoms in total. The average Bonchev–Trinajstić information content (AvgIpc) is 3.45. The van der Waals surface area contributed by atoms with E-state index < -0.39 is 5.54 Å². The first-order chi connectivity index (χ1) is 13.7. The predicted molar refractivity (Wildman–Crippen MR) is 103 cm³/mol. The van der Waals surface area contributed by atoms with Crippen LogP contribution in [0.4, 0.5) is 0 Å². The van der Waals surface area contributed by atoms with Crippen molar-refractivity contribution in [3.05, 3.63) is 48.5 Å². The number of carbonyl (C=O) groups excluding carboxylic acids is 1. The van der Waals surface area contributed by atoms with Gasteiger partial charge in [0.2, 0.25) is 5.91 Å². The van der Waals surface area contributed by atoms with Crippen LogP contribution in [0, 0.1) is 0 Å². The second-order valence-electron chi connectivity index (χ2n) is 6.75. The van der Waals surface area contributed by atoms with Gasteiger partial charge in [-0.1, -0.05) is 0 Å². The Morgan fingerprint density at radius 2 is 2.07 bits per heavy atom. The summed E-state index contributed by atoms with van der Waals surface area (Å²) in [6, 6.07) is 9.35. The third-order valence-electron chi connectivity index (χ3n) is 5.09. The van der Waals surface area contributed by atoms with Crippen LogP contribution in [0.5, 0.6) is 5.75 Å². The minimum atomic E-state index is -0.673. The Bertz CT molecular complexity index is 912. The molecule has 0 saturated carbocycles. The van der Waals surface area contributed by atoms with Crippen molar-refractivity contribution in [2.24, 2.45) is 0 Å². The first-order valence-electron chi connectivity index (χ1n) is 9.26. The van der Waals surface area contributed by atoms with Gasteiger partial charge in [0.1, 0.15) is 17.1 Å². The summed E-state index contributed by atoms with van der Waals surface area (Å²) >= 11 is 0. The van der Waals surface area contributed by atoms with Crippen LogP contribution in [-0.4, -0.2) is 51.1 Å². The second kappa shape index (κ2) is 7.81. The number of aromatic nitrogens is 5. The van der Waals surface area contributed by atoms with Crippen LogP contribution in [0.25, 0.3) is 11.4 Å². The highest BCUT2D eigenvalue weighted by Crippen LogP contribution is 2.27. The molecule has 1 saturated heterocycles. The van der Waals surface area contributed by atoms with Gasteiger partial charge in [-0.15, -0.1) is 0 Å². The summed E-state index contributed by atoms with van der Waals surface area (Å²) in [7, 11) is 1.63. The molecule has 1 fully saturated rings. The minimum Gasteiger partial charge on any atom is -0.497 e. The van der Waals surface area contributed by atoms with Crippen molar-refractivity contribution in [2.45, 2.75) is 24.9 Å². The number of rotatable bonds is 6. The SMILES string of the molecule is COc1ccc(-c2n[nH]c(CNC(=O)C3(n4cccn4)CCNCC3)n2)cc1. The summed E-state index contributed by atoms with van der Waals surface area (Å²) in [5.41, 5.74) is 0.203. The lowest BCUT2D eigenvalue weighted by molar-refractivity contribution is -0.132. The van der Waals surface area contributed by atoms with Crippen LogP contribution in [-0.2, 0) is 16.9 Å². The van der Waals surface area contributed by atoms with Crippen LogP contribution >= 0.6 is 0 Å². The summed E-state index contributed by atoms with van der Waals surface area (Å²) in [5, 5.41) is 17.8. The monoisotopic (exact) mass is 381 g/mol. The van der Waals surface area contributed by atoms with E-state index in [1.54, 1.807) is 18.0 Å². The third-order valence-corrected chi connectivity index (χ3v) is 5.09. The number of nitrogens with one attached hydrogen (secondary N) is 3. The highest BCUT2D eigenvalue weighted by molar-refractivity contribution is 5.84. The van der Waals surface area contributed by atoms with Gasteiger partial charge < -0.3 is 15.4 Å². The number of benzene rings is 1. The standard InChI is InChI=1S/C19H23N7O2/c1-28-15-5-3-14(4-6-15)17-23-16(24-25-17)13-21-18(27)19(7-10-20-11-8-19)26-12-2-9-22-26/h2-6,9,12,20H,7-8,10-11,13H2,1H3,(H,21,27)(H,23,24,25). The van der Waals surface area contributed by atoms with Gasteiger partial charge in [0, 0.05) is 18.0 Å². The van der Waals surface area contributed by atoms with Crippen molar-refractivity contribution in [1.29, 1.82) is 0 Å². The van der Waals surface area contributed by atoms with Crippen molar-refractivity contribution in [3.63, 3.8) is 0 Å². The molecule has 3 aromatic rings. The number of aromatic amines is 1. The highest BCUT2D eigenvalue weighted by Gasteiger charge is 2.41. The Balaban J connectivity index is 1.45. The van der Waals surface area contributed by atoms with Crippen LogP contribution in [0.15, 0.2) is 42.7 Å². The van der Waals surface area contributed by atoms with Crippen LogP contribution < -0.4 is 15.4 Å². The number of amides is 1. The molecule has 0 radical (unpaired) electrons. The van der Waals surface area contributed by atoms with Gasteiger partial charge in [0.25, 0.3) is 0 Å². The Morgan fingerprint density at radius 1 is 1.29 bits per heavy atom. The lowest BCUT2D eigenvalue weighted by Gasteiger charge is -2.36. The molecule has 0 unspecified atom stereocenters. The Hall–Kier alpha value is -3.20. The molecule has 1 aliphatic heterocycles. The van der Waals surface area contributed by atoms with Crippen LogP contribution in [0.1, 0.15) is 18.7 Å². The van der Waals surface area contributed by atoms with E-state index in [1.807, 2.05) is 36.5 Å². The number of nitrogens with zero attached hydrogens (tertiary/aromatic N) is 4. The van der Waals surface area contributed by atoms with Gasteiger partial charge in [-0.05, 0) is 56.3 Å². The van der Waals surface area contributed by atoms with E-state index in [-0.39, 0.29) is 12.5 Å². The molecule has 0 spiro atoms. The maximum Gasteiger partial charge on any atom is 0.248 e. The Kier molecular flexibility index (Phi) is 5.07. The van der Waals surface area contributed by atoms with E-state index in [9.17, 15) is 4.79 Å². The second-order valence-corrected chi connectivity index (χ2v) is 6.75. The molecule has 2 aromatic heterocycles. The van der Waals surface area contributed by atoms with Crippen molar-refractivity contribution < 1.29 is 9.53 Å². The van der Waals surface area contributed by atoms with Gasteiger partial charge in [-0.3, -0.25) is 14.6 Å². The molecule has 1 amide bonds. The molecule has 0 atom stereocenters. The first kappa shape index (κ1) is 18.2. The normalized spacial score (nSPS) is 15.9. The molecule has 1 aromatic carbocycles. The lowest BCUT2D eigenvalue weighted by Crippen LogP contribution is -2.54. The molecule has 3 N–H and O–H groups in total. The van der Waals surface area contributed by atoms with Crippen molar-refractivity contribution in [1.82, 2.24) is 35.6 Å². The van der Waals surface area contributed by atoms with Gasteiger partial charge in [-0.2, -0.15) is 10.2 Å². The summed E-state index contributed by atoms with van der Waals surface area (Å²) in [6.07, 6.45) is 4.93. The van der Waals surface area contributed by atoms with E-state index in [2.05, 4.69) is 30.9 Å². The summed E-state index contributed by atoms with van der Waals surface area (Å²) in [4.78, 5) is 17.5. The van der Waals surface area contributed by atoms with Crippen molar-refractivity contribution in [3.8, 4) is 17.1 Å². The van der Waals surface area contributed by atoms with E-state index >= 15 is 0 Å². The zero-order chi connectivity index (χ0) is 19.4. The van der Waals surface area contributed by atoms with Crippen LogP contribution in [0.3, 0.4) is 0 Å².